The fraction of sp³-hybridized carbons (Fsp3) is 0.125. The molecule has 3 aromatic carbocycles. The fourth-order valence-corrected chi connectivity index (χ4v) is 6.24. The van der Waals surface area contributed by atoms with E-state index >= 15 is 0 Å². The second kappa shape index (κ2) is 9.43. The predicted octanol–water partition coefficient (Wildman–Crippen LogP) is 8.03. The highest BCUT2D eigenvalue weighted by Crippen LogP contribution is 2.65. The lowest BCUT2D eigenvalue weighted by Gasteiger charge is -2.10. The minimum Gasteiger partial charge on any atom is -0.326 e. The molecule has 35 heavy (non-hydrogen) atoms. The molecule has 0 bridgehead atoms. The normalized spacial score (nSPS) is 18.3. The maximum absolute atomic E-state index is 13.0. The second-order valence-electron chi connectivity index (χ2n) is 8.01. The molecule has 2 N–H and O–H groups in total. The van der Waals surface area contributed by atoms with Gasteiger partial charge in [-0.25, -0.2) is 4.98 Å². The van der Waals surface area contributed by atoms with Gasteiger partial charge in [-0.05, 0) is 60.2 Å². The Morgan fingerprint density at radius 1 is 0.886 bits per heavy atom. The molecule has 0 spiro atoms. The summed E-state index contributed by atoms with van der Waals surface area (Å²) >= 11 is 32.8. The number of hydrogen-bond acceptors (Lipinski definition) is 4. The summed E-state index contributed by atoms with van der Waals surface area (Å²) in [4.78, 5) is 30.2. The number of carbonyl (C=O) groups is 2. The molecule has 0 aliphatic heterocycles. The van der Waals surface area contributed by atoms with Crippen LogP contribution in [0.1, 0.15) is 21.8 Å². The number of aromatic nitrogens is 1. The molecule has 1 saturated carbocycles. The van der Waals surface area contributed by atoms with Crippen molar-refractivity contribution in [2.24, 2.45) is 5.92 Å². The quantitative estimate of drug-likeness (QED) is 0.233. The largest absolute Gasteiger partial charge is 0.326 e. The van der Waals surface area contributed by atoms with Crippen LogP contribution in [0.25, 0.3) is 10.2 Å². The standard InChI is InChI=1S/C24H14Cl5N3O2S/c25-12-5-11(6-13(26)7-12)20-21(24(20,28)29)23(34)32-14-1-3-17(27)16(8-14)22(33)31-15-2-4-18-19(9-15)35-10-30-18/h1-10,20-21H,(H,31,33)(H,32,34)/t20-,21+/m1/s1. The smallest absolute Gasteiger partial charge is 0.257 e. The van der Waals surface area contributed by atoms with Gasteiger partial charge in [-0.15, -0.1) is 34.5 Å². The molecule has 0 saturated heterocycles. The lowest BCUT2D eigenvalue weighted by molar-refractivity contribution is -0.117. The van der Waals surface area contributed by atoms with E-state index < -0.39 is 28.0 Å². The molecule has 1 aliphatic carbocycles. The number of nitrogens with zero attached hydrogens (tertiary/aromatic N) is 1. The van der Waals surface area contributed by atoms with E-state index in [0.717, 1.165) is 10.2 Å². The number of amides is 2. The molecule has 1 aliphatic rings. The summed E-state index contributed by atoms with van der Waals surface area (Å²) in [7, 11) is 0. The molecule has 5 rings (SSSR count). The van der Waals surface area contributed by atoms with Crippen molar-refractivity contribution >= 4 is 103 Å². The maximum atomic E-state index is 13.0. The summed E-state index contributed by atoms with van der Waals surface area (Å²) in [5.74, 6) is -2.05. The summed E-state index contributed by atoms with van der Waals surface area (Å²) < 4.78 is -0.374. The third-order valence-corrected chi connectivity index (χ3v) is 8.15. The van der Waals surface area contributed by atoms with Crippen molar-refractivity contribution in [2.75, 3.05) is 10.6 Å². The first kappa shape index (κ1) is 24.6. The van der Waals surface area contributed by atoms with Crippen molar-refractivity contribution in [1.82, 2.24) is 4.98 Å². The van der Waals surface area contributed by atoms with E-state index in [4.69, 9.17) is 58.0 Å². The van der Waals surface area contributed by atoms with Crippen LogP contribution in [-0.2, 0) is 4.79 Å². The summed E-state index contributed by atoms with van der Waals surface area (Å²) in [6.45, 7) is 0. The Hall–Kier alpha value is -2.06. The Kier molecular flexibility index (Phi) is 6.64. The number of carbonyl (C=O) groups excluding carboxylic acids is 2. The number of hydrogen-bond donors (Lipinski definition) is 2. The summed E-state index contributed by atoms with van der Waals surface area (Å²) in [5, 5.41) is 6.68. The Bertz CT molecular complexity index is 1470. The van der Waals surface area contributed by atoms with Gasteiger partial charge >= 0.3 is 0 Å². The maximum Gasteiger partial charge on any atom is 0.257 e. The van der Waals surface area contributed by atoms with Crippen molar-refractivity contribution in [1.29, 1.82) is 0 Å². The highest BCUT2D eigenvalue weighted by atomic mass is 35.5. The highest BCUT2D eigenvalue weighted by molar-refractivity contribution is 7.16. The highest BCUT2D eigenvalue weighted by Gasteiger charge is 2.67. The second-order valence-corrected chi connectivity index (χ2v) is 11.6. The van der Waals surface area contributed by atoms with Crippen molar-refractivity contribution in [3.63, 3.8) is 0 Å². The number of anilines is 2. The van der Waals surface area contributed by atoms with Gasteiger partial charge in [0.05, 0.1) is 32.2 Å². The minimum absolute atomic E-state index is 0.200. The van der Waals surface area contributed by atoms with Crippen LogP contribution >= 0.6 is 69.3 Å². The van der Waals surface area contributed by atoms with Gasteiger partial charge in [0.15, 0.2) is 0 Å². The van der Waals surface area contributed by atoms with E-state index in [-0.39, 0.29) is 10.6 Å². The van der Waals surface area contributed by atoms with E-state index in [1.807, 2.05) is 12.1 Å². The van der Waals surface area contributed by atoms with Crippen LogP contribution in [0.3, 0.4) is 0 Å². The zero-order chi connectivity index (χ0) is 24.9. The van der Waals surface area contributed by atoms with Gasteiger partial charge in [0.25, 0.3) is 5.91 Å². The van der Waals surface area contributed by atoms with E-state index in [1.54, 1.807) is 35.8 Å². The van der Waals surface area contributed by atoms with Gasteiger partial charge in [0.1, 0.15) is 4.33 Å². The van der Waals surface area contributed by atoms with E-state index in [2.05, 4.69) is 15.6 Å². The van der Waals surface area contributed by atoms with E-state index in [9.17, 15) is 9.59 Å². The molecular weight excluding hydrogens is 572 g/mol. The fourth-order valence-electron chi connectivity index (χ4n) is 3.95. The van der Waals surface area contributed by atoms with Crippen LogP contribution < -0.4 is 10.6 Å². The summed E-state index contributed by atoms with van der Waals surface area (Å²) in [5.41, 5.74) is 4.44. The summed E-state index contributed by atoms with van der Waals surface area (Å²) in [6, 6.07) is 15.0. The van der Waals surface area contributed by atoms with Crippen molar-refractivity contribution in [3.05, 3.63) is 86.3 Å². The third-order valence-electron chi connectivity index (χ3n) is 5.65. The average Bonchev–Trinajstić information content (AvgIpc) is 3.11. The predicted molar refractivity (Wildman–Crippen MR) is 145 cm³/mol. The third kappa shape index (κ3) is 4.96. The minimum atomic E-state index is -1.32. The topological polar surface area (TPSA) is 71.1 Å². The molecule has 0 unspecified atom stereocenters. The zero-order valence-electron chi connectivity index (χ0n) is 17.5. The van der Waals surface area contributed by atoms with Gasteiger partial charge in [-0.1, -0.05) is 34.8 Å². The number of halogens is 5. The molecule has 1 heterocycles. The van der Waals surface area contributed by atoms with Crippen LogP contribution in [0.2, 0.25) is 15.1 Å². The number of thiazole rings is 1. The zero-order valence-corrected chi connectivity index (χ0v) is 22.1. The van der Waals surface area contributed by atoms with Crippen LogP contribution in [0.4, 0.5) is 11.4 Å². The molecule has 4 aromatic rings. The Labute approximate surface area is 229 Å². The molecular formula is C24H14Cl5N3O2S. The van der Waals surface area contributed by atoms with Crippen LogP contribution in [-0.4, -0.2) is 21.1 Å². The van der Waals surface area contributed by atoms with Crippen LogP contribution in [0.5, 0.6) is 0 Å². The number of rotatable bonds is 5. The number of alkyl halides is 2. The molecule has 1 aromatic heterocycles. The molecule has 0 radical (unpaired) electrons. The van der Waals surface area contributed by atoms with Crippen LogP contribution in [0, 0.1) is 5.92 Å². The number of benzene rings is 3. The molecule has 2 amide bonds. The van der Waals surface area contributed by atoms with Gasteiger partial charge in [0, 0.05) is 27.3 Å². The van der Waals surface area contributed by atoms with E-state index in [0.29, 0.717) is 27.0 Å². The average molecular weight is 586 g/mol. The lowest BCUT2D eigenvalue weighted by Crippen LogP contribution is -2.18. The monoisotopic (exact) mass is 583 g/mol. The first-order valence-electron chi connectivity index (χ1n) is 10.2. The Balaban J connectivity index is 1.33. The first-order chi connectivity index (χ1) is 16.6. The Morgan fingerprint density at radius 3 is 2.31 bits per heavy atom. The molecule has 2 atom stereocenters. The van der Waals surface area contributed by atoms with Gasteiger partial charge in [-0.3, -0.25) is 9.59 Å². The molecule has 178 valence electrons. The van der Waals surface area contributed by atoms with Gasteiger partial charge in [0.2, 0.25) is 5.91 Å². The van der Waals surface area contributed by atoms with Crippen molar-refractivity contribution in [3.8, 4) is 0 Å². The van der Waals surface area contributed by atoms with E-state index in [1.165, 1.54) is 23.5 Å². The van der Waals surface area contributed by atoms with Gasteiger partial charge < -0.3 is 10.6 Å². The Morgan fingerprint density at radius 2 is 1.57 bits per heavy atom. The SMILES string of the molecule is O=C(Nc1ccc2ncsc2c1)c1cc(NC(=O)[C@@H]2[C@@H](c3cc(Cl)cc(Cl)c3)C2(Cl)Cl)ccc1Cl. The number of nitrogens with one attached hydrogen (secondary N) is 2. The summed E-state index contributed by atoms with van der Waals surface area (Å²) in [6.07, 6.45) is 0. The van der Waals surface area contributed by atoms with Gasteiger partial charge in [-0.2, -0.15) is 0 Å². The van der Waals surface area contributed by atoms with Crippen molar-refractivity contribution < 1.29 is 9.59 Å². The lowest BCUT2D eigenvalue weighted by atomic mass is 10.1. The van der Waals surface area contributed by atoms with Crippen LogP contribution in [0.15, 0.2) is 60.1 Å². The number of fused-ring (bicyclic) bond motifs is 1. The molecule has 11 heteroatoms. The molecule has 5 nitrogen and oxygen atoms in total. The van der Waals surface area contributed by atoms with Crippen molar-refractivity contribution in [2.45, 2.75) is 10.3 Å². The first-order valence-corrected chi connectivity index (χ1v) is 13.0. The molecule has 1 fully saturated rings.